The van der Waals surface area contributed by atoms with Gasteiger partial charge in [0.2, 0.25) is 0 Å². The van der Waals surface area contributed by atoms with Gasteiger partial charge in [-0.2, -0.15) is 0 Å². The molecular formula is C8H13F2NO3. The maximum Gasteiger partial charge on any atom is 0.333 e. The van der Waals surface area contributed by atoms with Crippen LogP contribution in [0.3, 0.4) is 0 Å². The van der Waals surface area contributed by atoms with E-state index in [-0.39, 0.29) is 0 Å². The van der Waals surface area contributed by atoms with Crippen LogP contribution in [0.1, 0.15) is 13.8 Å². The summed E-state index contributed by atoms with van der Waals surface area (Å²) in [6, 6.07) is -1.60. The SMILES string of the molecule is CC=N[C@H](C(=O)OC)[C@](C)(O)C(F)F. The average molecular weight is 209 g/mol. The van der Waals surface area contributed by atoms with E-state index in [4.69, 9.17) is 0 Å². The highest BCUT2D eigenvalue weighted by Gasteiger charge is 2.45. The Hall–Kier alpha value is -1.04. The Labute approximate surface area is 80.6 Å². The molecule has 0 aromatic rings. The second-order valence-corrected chi connectivity index (χ2v) is 2.86. The van der Waals surface area contributed by atoms with Gasteiger partial charge in [0.15, 0.2) is 11.6 Å². The molecule has 0 aliphatic heterocycles. The standard InChI is InChI=1S/C8H13F2NO3/c1-4-11-5(6(12)14-3)8(2,13)7(9)10/h4-5,7,13H,1-3H3/t5-,8+/m1/s1. The molecule has 4 nitrogen and oxygen atoms in total. The zero-order valence-electron chi connectivity index (χ0n) is 8.20. The number of hydrogen-bond acceptors (Lipinski definition) is 4. The quantitative estimate of drug-likeness (QED) is 0.546. The molecule has 6 heteroatoms. The van der Waals surface area contributed by atoms with Crippen LogP contribution >= 0.6 is 0 Å². The van der Waals surface area contributed by atoms with Gasteiger partial charge in [0.1, 0.15) is 0 Å². The predicted octanol–water partition coefficient (Wildman–Crippen LogP) is 0.635. The van der Waals surface area contributed by atoms with Gasteiger partial charge in [-0.05, 0) is 20.1 Å². The molecule has 0 aliphatic rings. The van der Waals surface area contributed by atoms with Crippen LogP contribution in [-0.2, 0) is 9.53 Å². The summed E-state index contributed by atoms with van der Waals surface area (Å²) in [4.78, 5) is 14.5. The maximum absolute atomic E-state index is 12.4. The molecule has 0 fully saturated rings. The third-order valence-corrected chi connectivity index (χ3v) is 1.72. The minimum absolute atomic E-state index is 0.840. The molecule has 0 amide bonds. The van der Waals surface area contributed by atoms with E-state index in [1.165, 1.54) is 13.1 Å². The zero-order valence-corrected chi connectivity index (χ0v) is 8.20. The van der Waals surface area contributed by atoms with Crippen LogP contribution in [0.5, 0.6) is 0 Å². The molecule has 1 N–H and O–H groups in total. The largest absolute Gasteiger partial charge is 0.467 e. The van der Waals surface area contributed by atoms with Gasteiger partial charge >= 0.3 is 5.97 Å². The summed E-state index contributed by atoms with van der Waals surface area (Å²) in [6.45, 7) is 2.30. The molecule has 0 saturated heterocycles. The fourth-order valence-electron chi connectivity index (χ4n) is 0.830. The van der Waals surface area contributed by atoms with Crippen molar-refractivity contribution in [2.45, 2.75) is 31.9 Å². The highest BCUT2D eigenvalue weighted by atomic mass is 19.3. The molecule has 0 bridgehead atoms. The molecule has 0 aliphatic carbocycles. The van der Waals surface area contributed by atoms with Crippen molar-refractivity contribution in [3.8, 4) is 0 Å². The molecule has 0 heterocycles. The van der Waals surface area contributed by atoms with Crippen molar-refractivity contribution in [3.63, 3.8) is 0 Å². The molecule has 0 spiro atoms. The van der Waals surface area contributed by atoms with E-state index >= 15 is 0 Å². The van der Waals surface area contributed by atoms with Crippen molar-refractivity contribution in [2.24, 2.45) is 4.99 Å². The minimum atomic E-state index is -3.07. The number of halogens is 2. The topological polar surface area (TPSA) is 58.9 Å². The number of rotatable bonds is 4. The van der Waals surface area contributed by atoms with Gasteiger partial charge in [0.05, 0.1) is 7.11 Å². The highest BCUT2D eigenvalue weighted by molar-refractivity contribution is 5.79. The molecular weight excluding hydrogens is 196 g/mol. The van der Waals surface area contributed by atoms with Crippen LogP contribution in [0.2, 0.25) is 0 Å². The number of ether oxygens (including phenoxy) is 1. The number of aliphatic hydroxyl groups is 1. The van der Waals surface area contributed by atoms with Crippen LogP contribution in [0.4, 0.5) is 8.78 Å². The van der Waals surface area contributed by atoms with Gasteiger partial charge in [-0.3, -0.25) is 4.99 Å². The smallest absolute Gasteiger partial charge is 0.333 e. The fraction of sp³-hybridized carbons (Fsp3) is 0.750. The van der Waals surface area contributed by atoms with E-state index < -0.39 is 24.0 Å². The zero-order chi connectivity index (χ0) is 11.4. The first kappa shape index (κ1) is 13.0. The molecule has 82 valence electrons. The van der Waals surface area contributed by atoms with E-state index in [1.807, 2.05) is 0 Å². The molecule has 0 saturated carbocycles. The van der Waals surface area contributed by atoms with Crippen molar-refractivity contribution in [1.29, 1.82) is 0 Å². The van der Waals surface area contributed by atoms with E-state index in [9.17, 15) is 18.7 Å². The lowest BCUT2D eigenvalue weighted by Crippen LogP contribution is -2.49. The van der Waals surface area contributed by atoms with Gasteiger partial charge < -0.3 is 9.84 Å². The Morgan fingerprint density at radius 1 is 1.64 bits per heavy atom. The number of carbonyl (C=O) groups is 1. The third kappa shape index (κ3) is 2.73. The highest BCUT2D eigenvalue weighted by Crippen LogP contribution is 2.22. The van der Waals surface area contributed by atoms with E-state index in [1.54, 1.807) is 0 Å². The number of aliphatic imine (C=N–C) groups is 1. The molecule has 2 atom stereocenters. The van der Waals surface area contributed by atoms with Crippen LogP contribution in [0, 0.1) is 0 Å². The molecule has 14 heavy (non-hydrogen) atoms. The fourth-order valence-corrected chi connectivity index (χ4v) is 0.830. The first-order valence-electron chi connectivity index (χ1n) is 3.94. The summed E-state index contributed by atoms with van der Waals surface area (Å²) < 4.78 is 29.0. The van der Waals surface area contributed by atoms with E-state index in [2.05, 4.69) is 9.73 Å². The molecule has 0 aromatic carbocycles. The number of hydrogen-bond donors (Lipinski definition) is 1. The van der Waals surface area contributed by atoms with Gasteiger partial charge in [-0.25, -0.2) is 13.6 Å². The number of esters is 1. The van der Waals surface area contributed by atoms with Gasteiger partial charge in [-0.15, -0.1) is 0 Å². The van der Waals surface area contributed by atoms with Gasteiger partial charge in [-0.1, -0.05) is 0 Å². The van der Waals surface area contributed by atoms with Crippen molar-refractivity contribution < 1.29 is 23.4 Å². The molecule has 0 unspecified atom stereocenters. The number of alkyl halides is 2. The summed E-state index contributed by atoms with van der Waals surface area (Å²) >= 11 is 0. The minimum Gasteiger partial charge on any atom is -0.467 e. The van der Waals surface area contributed by atoms with Crippen molar-refractivity contribution in [2.75, 3.05) is 7.11 Å². The van der Waals surface area contributed by atoms with Crippen molar-refractivity contribution >= 4 is 12.2 Å². The first-order chi connectivity index (χ1) is 6.37. The van der Waals surface area contributed by atoms with Crippen LogP contribution in [0.25, 0.3) is 0 Å². The summed E-state index contributed by atoms with van der Waals surface area (Å²) in [5.41, 5.74) is -2.51. The van der Waals surface area contributed by atoms with E-state index in [0.717, 1.165) is 14.0 Å². The summed E-state index contributed by atoms with van der Waals surface area (Å²) in [7, 11) is 1.04. The molecule has 0 aromatic heterocycles. The normalized spacial score (nSPS) is 18.2. The monoisotopic (exact) mass is 209 g/mol. The molecule has 0 rings (SSSR count). The van der Waals surface area contributed by atoms with Crippen molar-refractivity contribution in [3.05, 3.63) is 0 Å². The van der Waals surface area contributed by atoms with Crippen LogP contribution in [-0.4, -0.2) is 42.5 Å². The number of carbonyl (C=O) groups excluding carboxylic acids is 1. The second kappa shape index (κ2) is 4.99. The maximum atomic E-state index is 12.4. The summed E-state index contributed by atoms with van der Waals surface area (Å²) in [6.07, 6.45) is -1.91. The van der Waals surface area contributed by atoms with Crippen molar-refractivity contribution in [1.82, 2.24) is 0 Å². The Balaban J connectivity index is 4.90. The average Bonchev–Trinajstić information content (AvgIpc) is 2.12. The predicted molar refractivity (Wildman–Crippen MR) is 46.6 cm³/mol. The Morgan fingerprint density at radius 2 is 2.14 bits per heavy atom. The number of nitrogens with zero attached hydrogens (tertiary/aromatic N) is 1. The number of methoxy groups -OCH3 is 1. The lowest BCUT2D eigenvalue weighted by molar-refractivity contribution is -0.158. The lowest BCUT2D eigenvalue weighted by atomic mass is 9.97. The third-order valence-electron chi connectivity index (χ3n) is 1.72. The Kier molecular flexibility index (Phi) is 4.62. The van der Waals surface area contributed by atoms with E-state index in [0.29, 0.717) is 0 Å². The Bertz CT molecular complexity index is 229. The first-order valence-corrected chi connectivity index (χ1v) is 3.94. The Morgan fingerprint density at radius 3 is 2.43 bits per heavy atom. The second-order valence-electron chi connectivity index (χ2n) is 2.86. The summed E-state index contributed by atoms with van der Waals surface area (Å²) in [5.74, 6) is -0.992. The van der Waals surface area contributed by atoms with Crippen LogP contribution < -0.4 is 0 Å². The van der Waals surface area contributed by atoms with Gasteiger partial charge in [0.25, 0.3) is 6.43 Å². The lowest BCUT2D eigenvalue weighted by Gasteiger charge is -2.26. The molecule has 0 radical (unpaired) electrons. The summed E-state index contributed by atoms with van der Waals surface area (Å²) in [5, 5.41) is 9.32. The van der Waals surface area contributed by atoms with Crippen LogP contribution in [0.15, 0.2) is 4.99 Å². The van der Waals surface area contributed by atoms with Gasteiger partial charge in [0, 0.05) is 0 Å².